The van der Waals surface area contributed by atoms with E-state index in [1.54, 1.807) is 47.2 Å². The number of hydrogen-bond donors (Lipinski definition) is 1. The average Bonchev–Trinajstić information content (AvgIpc) is 2.46. The molecule has 2 aromatic rings. The first-order valence-corrected chi connectivity index (χ1v) is 5.68. The van der Waals surface area contributed by atoms with E-state index in [1.165, 1.54) is 6.20 Å². The van der Waals surface area contributed by atoms with Crippen molar-refractivity contribution in [2.45, 2.75) is 6.73 Å². The molecular formula is C14H13N2O3+. The number of carbonyl (C=O) groups excluding carboxylic acids is 2. The minimum absolute atomic E-state index is 0.0227. The molecule has 0 bridgehead atoms. The van der Waals surface area contributed by atoms with Gasteiger partial charge in [0.15, 0.2) is 12.4 Å². The van der Waals surface area contributed by atoms with E-state index >= 15 is 0 Å². The molecule has 1 aromatic carbocycles. The molecule has 0 aliphatic heterocycles. The number of esters is 1. The lowest BCUT2D eigenvalue weighted by Gasteiger charge is -2.01. The highest BCUT2D eigenvalue weighted by molar-refractivity contribution is 5.92. The third-order valence-electron chi connectivity index (χ3n) is 2.50. The van der Waals surface area contributed by atoms with E-state index < -0.39 is 11.9 Å². The van der Waals surface area contributed by atoms with Crippen molar-refractivity contribution in [2.75, 3.05) is 0 Å². The number of ether oxygens (including phenoxy) is 1. The third kappa shape index (κ3) is 3.38. The molecule has 0 atom stereocenters. The van der Waals surface area contributed by atoms with Gasteiger partial charge in [0.2, 0.25) is 0 Å². The summed E-state index contributed by atoms with van der Waals surface area (Å²) in [5, 5.41) is 0. The van der Waals surface area contributed by atoms with Crippen LogP contribution in [0.5, 0.6) is 0 Å². The van der Waals surface area contributed by atoms with Gasteiger partial charge in [-0.05, 0) is 18.2 Å². The number of aromatic nitrogens is 1. The average molecular weight is 257 g/mol. The second-order valence-corrected chi connectivity index (χ2v) is 3.90. The first-order chi connectivity index (χ1) is 9.16. The first-order valence-electron chi connectivity index (χ1n) is 5.68. The van der Waals surface area contributed by atoms with Gasteiger partial charge in [0.05, 0.1) is 5.56 Å². The van der Waals surface area contributed by atoms with E-state index in [1.807, 2.05) is 6.07 Å². The predicted octanol–water partition coefficient (Wildman–Crippen LogP) is 0.887. The lowest BCUT2D eigenvalue weighted by atomic mass is 10.2. The Hall–Kier alpha value is -2.69. The van der Waals surface area contributed by atoms with Gasteiger partial charge in [-0.1, -0.05) is 18.2 Å². The Kier molecular flexibility index (Phi) is 3.87. The summed E-state index contributed by atoms with van der Waals surface area (Å²) in [5.41, 5.74) is 6.01. The molecule has 96 valence electrons. The molecule has 1 heterocycles. The van der Waals surface area contributed by atoms with Crippen molar-refractivity contribution in [2.24, 2.45) is 5.73 Å². The number of primary amides is 1. The van der Waals surface area contributed by atoms with Crippen LogP contribution in [0.2, 0.25) is 0 Å². The van der Waals surface area contributed by atoms with Crippen molar-refractivity contribution in [3.63, 3.8) is 0 Å². The van der Waals surface area contributed by atoms with Crippen molar-refractivity contribution in [1.82, 2.24) is 0 Å². The van der Waals surface area contributed by atoms with Crippen LogP contribution in [0.4, 0.5) is 0 Å². The first kappa shape index (κ1) is 12.8. The molecule has 19 heavy (non-hydrogen) atoms. The number of amides is 1. The van der Waals surface area contributed by atoms with E-state index in [4.69, 9.17) is 10.5 Å². The summed E-state index contributed by atoms with van der Waals surface area (Å²) >= 11 is 0. The second kappa shape index (κ2) is 5.77. The maximum Gasteiger partial charge on any atom is 0.342 e. The standard InChI is InChI=1S/C14H12N2O3/c15-13(17)12-7-4-8-16(9-12)10-19-14(18)11-5-2-1-3-6-11/h1-9H,10H2,(H-,15,17)/p+1. The molecule has 0 saturated heterocycles. The van der Waals surface area contributed by atoms with Crippen LogP contribution in [0.1, 0.15) is 20.7 Å². The van der Waals surface area contributed by atoms with Crippen LogP contribution in [-0.2, 0) is 11.5 Å². The van der Waals surface area contributed by atoms with Gasteiger partial charge in [-0.2, -0.15) is 4.57 Å². The number of hydrogen-bond acceptors (Lipinski definition) is 3. The quantitative estimate of drug-likeness (QED) is 0.653. The molecule has 1 aromatic heterocycles. The molecule has 0 saturated carbocycles. The Morgan fingerprint density at radius 3 is 2.42 bits per heavy atom. The summed E-state index contributed by atoms with van der Waals surface area (Å²) in [5.74, 6) is -0.943. The highest BCUT2D eigenvalue weighted by Crippen LogP contribution is 2.00. The Morgan fingerprint density at radius 2 is 1.74 bits per heavy atom. The van der Waals surface area contributed by atoms with Crippen LogP contribution in [0, 0.1) is 0 Å². The van der Waals surface area contributed by atoms with Crippen molar-refractivity contribution in [3.8, 4) is 0 Å². The monoisotopic (exact) mass is 257 g/mol. The van der Waals surface area contributed by atoms with E-state index in [0.29, 0.717) is 11.1 Å². The summed E-state index contributed by atoms with van der Waals surface area (Å²) in [4.78, 5) is 22.7. The summed E-state index contributed by atoms with van der Waals surface area (Å²) < 4.78 is 6.69. The molecule has 5 heteroatoms. The van der Waals surface area contributed by atoms with E-state index in [2.05, 4.69) is 0 Å². The summed E-state index contributed by atoms with van der Waals surface area (Å²) in [7, 11) is 0. The maximum atomic E-state index is 11.7. The Labute approximate surface area is 110 Å². The van der Waals surface area contributed by atoms with Crippen LogP contribution < -0.4 is 10.3 Å². The number of nitrogens with two attached hydrogens (primary N) is 1. The number of carbonyl (C=O) groups is 2. The minimum atomic E-state index is -0.524. The zero-order valence-corrected chi connectivity index (χ0v) is 10.2. The van der Waals surface area contributed by atoms with Crippen molar-refractivity contribution in [3.05, 3.63) is 66.0 Å². The van der Waals surface area contributed by atoms with Gasteiger partial charge in [-0.3, -0.25) is 4.79 Å². The lowest BCUT2D eigenvalue weighted by Crippen LogP contribution is -2.36. The maximum absolute atomic E-state index is 11.7. The van der Waals surface area contributed by atoms with Gasteiger partial charge in [0, 0.05) is 6.07 Å². The summed E-state index contributed by atoms with van der Waals surface area (Å²) in [6.07, 6.45) is 3.21. The normalized spacial score (nSPS) is 9.89. The molecule has 2 rings (SSSR count). The van der Waals surface area contributed by atoms with E-state index in [0.717, 1.165) is 0 Å². The number of rotatable bonds is 4. The van der Waals surface area contributed by atoms with Crippen molar-refractivity contribution in [1.29, 1.82) is 0 Å². The second-order valence-electron chi connectivity index (χ2n) is 3.90. The fourth-order valence-electron chi connectivity index (χ4n) is 1.54. The Balaban J connectivity index is 2.01. The van der Waals surface area contributed by atoms with Crippen LogP contribution in [0.15, 0.2) is 54.9 Å². The lowest BCUT2D eigenvalue weighted by molar-refractivity contribution is -0.727. The summed E-state index contributed by atoms with van der Waals surface area (Å²) in [6.45, 7) is 0.0227. The van der Waals surface area contributed by atoms with Crippen LogP contribution >= 0.6 is 0 Å². The van der Waals surface area contributed by atoms with Gasteiger partial charge in [0.1, 0.15) is 5.56 Å². The molecule has 0 fully saturated rings. The number of benzene rings is 1. The topological polar surface area (TPSA) is 73.3 Å². The minimum Gasteiger partial charge on any atom is -0.401 e. The zero-order valence-electron chi connectivity index (χ0n) is 10.2. The van der Waals surface area contributed by atoms with Crippen molar-refractivity contribution >= 4 is 11.9 Å². The Morgan fingerprint density at radius 1 is 1.05 bits per heavy atom. The number of pyridine rings is 1. The van der Waals surface area contributed by atoms with Crippen LogP contribution in [0.25, 0.3) is 0 Å². The van der Waals surface area contributed by atoms with Gasteiger partial charge in [-0.15, -0.1) is 0 Å². The molecule has 0 aliphatic rings. The van der Waals surface area contributed by atoms with Crippen LogP contribution in [-0.4, -0.2) is 11.9 Å². The van der Waals surface area contributed by atoms with Crippen LogP contribution in [0.3, 0.4) is 0 Å². The van der Waals surface area contributed by atoms with Gasteiger partial charge < -0.3 is 10.5 Å². The molecule has 0 radical (unpaired) electrons. The molecule has 0 spiro atoms. The zero-order chi connectivity index (χ0) is 13.7. The van der Waals surface area contributed by atoms with E-state index in [-0.39, 0.29) is 6.73 Å². The third-order valence-corrected chi connectivity index (χ3v) is 2.50. The predicted molar refractivity (Wildman–Crippen MR) is 67.0 cm³/mol. The van der Waals surface area contributed by atoms with Gasteiger partial charge in [0.25, 0.3) is 12.6 Å². The molecule has 0 aliphatic carbocycles. The fraction of sp³-hybridized carbons (Fsp3) is 0.0714. The molecular weight excluding hydrogens is 244 g/mol. The molecule has 5 nitrogen and oxygen atoms in total. The molecule has 0 unspecified atom stereocenters. The fourth-order valence-corrected chi connectivity index (χ4v) is 1.54. The van der Waals surface area contributed by atoms with Gasteiger partial charge in [-0.25, -0.2) is 4.79 Å². The van der Waals surface area contributed by atoms with Crippen molar-refractivity contribution < 1.29 is 18.9 Å². The smallest absolute Gasteiger partial charge is 0.342 e. The summed E-state index contributed by atoms with van der Waals surface area (Å²) in [6, 6.07) is 11.9. The Bertz CT molecular complexity index is 597. The SMILES string of the molecule is NC(=O)c1ccc[n+](COC(=O)c2ccccc2)c1. The molecule has 1 amide bonds. The van der Waals surface area contributed by atoms with E-state index in [9.17, 15) is 9.59 Å². The number of nitrogens with zero attached hydrogens (tertiary/aromatic N) is 1. The van der Waals surface area contributed by atoms with Gasteiger partial charge >= 0.3 is 5.97 Å². The largest absolute Gasteiger partial charge is 0.401 e. The highest BCUT2D eigenvalue weighted by Gasteiger charge is 2.11. The highest BCUT2D eigenvalue weighted by atomic mass is 16.5. The molecule has 2 N–H and O–H groups in total.